The molecule has 2 heterocycles. The number of hydrogen-bond donors (Lipinski definition) is 3. The van der Waals surface area contributed by atoms with Gasteiger partial charge < -0.3 is 26.0 Å². The highest BCUT2D eigenvalue weighted by Crippen LogP contribution is 2.41. The molecule has 144 valence electrons. The summed E-state index contributed by atoms with van der Waals surface area (Å²) in [5.41, 5.74) is 11.3. The number of pyridine rings is 1. The molecule has 2 aromatic rings. The number of hydrogen-bond acceptors (Lipinski definition) is 5. The van der Waals surface area contributed by atoms with Crippen molar-refractivity contribution in [2.45, 2.75) is 38.8 Å². The molecule has 2 fully saturated rings. The summed E-state index contributed by atoms with van der Waals surface area (Å²) in [6, 6.07) is 1.59. The van der Waals surface area contributed by atoms with Crippen molar-refractivity contribution in [1.82, 2.24) is 4.57 Å². The molecule has 0 unspecified atom stereocenters. The number of carboxylic acids is 1. The topological polar surface area (TPSA) is 115 Å². The third-order valence-corrected chi connectivity index (χ3v) is 5.81. The maximum Gasteiger partial charge on any atom is 0.341 e. The monoisotopic (exact) mass is 374 g/mol. The molecule has 1 saturated heterocycles. The van der Waals surface area contributed by atoms with Crippen molar-refractivity contribution < 1.29 is 14.3 Å². The van der Waals surface area contributed by atoms with Gasteiger partial charge >= 0.3 is 5.97 Å². The standard InChI is InChI=1S/C19H23FN4O3/c1-19(2)8-23(7-13(19)21)12-5-11-14(16(22)15(12)20)17(25)10(18(26)27)6-24(11)9-3-4-9/h5-6,9,13H,3-4,7-8,21-22H2,1-2H3,(H,26,27)/t13-/m1/s1. The lowest BCUT2D eigenvalue weighted by Crippen LogP contribution is -2.35. The van der Waals surface area contributed by atoms with Gasteiger partial charge in [0.1, 0.15) is 5.56 Å². The maximum atomic E-state index is 15.1. The second-order valence-corrected chi connectivity index (χ2v) is 8.31. The molecule has 4 rings (SSSR count). The van der Waals surface area contributed by atoms with Crippen LogP contribution in [0, 0.1) is 11.2 Å². The SMILES string of the molecule is CC1(C)CN(c2cc3c(c(N)c2F)c(=O)c(C(=O)O)cn3C2CC2)C[C@H]1N. The summed E-state index contributed by atoms with van der Waals surface area (Å²) in [5.74, 6) is -2.04. The van der Waals surface area contributed by atoms with Gasteiger partial charge in [0, 0.05) is 31.4 Å². The average molecular weight is 374 g/mol. The molecule has 0 radical (unpaired) electrons. The van der Waals surface area contributed by atoms with Crippen LogP contribution < -0.4 is 21.8 Å². The molecule has 7 nitrogen and oxygen atoms in total. The summed E-state index contributed by atoms with van der Waals surface area (Å²) >= 11 is 0. The Kier molecular flexibility index (Phi) is 3.75. The number of nitrogen functional groups attached to an aromatic ring is 1. The van der Waals surface area contributed by atoms with Gasteiger partial charge in [0.25, 0.3) is 0 Å². The summed E-state index contributed by atoms with van der Waals surface area (Å²) in [5, 5.41) is 9.29. The van der Waals surface area contributed by atoms with Crippen LogP contribution in [0.1, 0.15) is 43.1 Å². The molecule has 1 saturated carbocycles. The van der Waals surface area contributed by atoms with E-state index in [1.807, 2.05) is 18.7 Å². The molecule has 0 spiro atoms. The zero-order chi connectivity index (χ0) is 19.7. The van der Waals surface area contributed by atoms with Crippen LogP contribution in [-0.4, -0.2) is 34.8 Å². The van der Waals surface area contributed by atoms with Gasteiger partial charge in [-0.25, -0.2) is 9.18 Å². The van der Waals surface area contributed by atoms with Gasteiger partial charge in [-0.2, -0.15) is 0 Å². The number of nitrogens with zero attached hydrogens (tertiary/aromatic N) is 2. The van der Waals surface area contributed by atoms with Crippen molar-refractivity contribution >= 4 is 28.2 Å². The molecule has 1 aromatic carbocycles. The van der Waals surface area contributed by atoms with E-state index >= 15 is 4.39 Å². The van der Waals surface area contributed by atoms with Gasteiger partial charge in [0.2, 0.25) is 5.43 Å². The number of anilines is 2. The smallest absolute Gasteiger partial charge is 0.341 e. The van der Waals surface area contributed by atoms with E-state index in [2.05, 4.69) is 0 Å². The molecule has 0 bridgehead atoms. The minimum Gasteiger partial charge on any atom is -0.477 e. The number of rotatable bonds is 3. The summed E-state index contributed by atoms with van der Waals surface area (Å²) < 4.78 is 16.9. The van der Waals surface area contributed by atoms with Gasteiger partial charge in [0.05, 0.1) is 22.3 Å². The molecule has 2 aliphatic rings. The molecule has 1 atom stereocenters. The van der Waals surface area contributed by atoms with E-state index in [1.54, 1.807) is 10.6 Å². The van der Waals surface area contributed by atoms with Crippen LogP contribution >= 0.6 is 0 Å². The Balaban J connectivity index is 1.98. The van der Waals surface area contributed by atoms with Gasteiger partial charge in [-0.1, -0.05) is 13.8 Å². The fraction of sp³-hybridized carbons (Fsp3) is 0.474. The van der Waals surface area contributed by atoms with Crippen LogP contribution in [-0.2, 0) is 0 Å². The van der Waals surface area contributed by atoms with Crippen LogP contribution in [0.5, 0.6) is 0 Å². The van der Waals surface area contributed by atoms with Crippen molar-refractivity contribution in [2.24, 2.45) is 11.1 Å². The fourth-order valence-corrected chi connectivity index (χ4v) is 3.87. The van der Waals surface area contributed by atoms with Crippen LogP contribution in [0.4, 0.5) is 15.8 Å². The van der Waals surface area contributed by atoms with E-state index in [4.69, 9.17) is 11.5 Å². The minimum atomic E-state index is -1.34. The zero-order valence-electron chi connectivity index (χ0n) is 15.3. The number of benzene rings is 1. The normalized spacial score (nSPS) is 21.8. The molecule has 1 aromatic heterocycles. The Hall–Kier alpha value is -2.61. The largest absolute Gasteiger partial charge is 0.477 e. The predicted molar refractivity (Wildman–Crippen MR) is 102 cm³/mol. The van der Waals surface area contributed by atoms with E-state index in [0.29, 0.717) is 24.3 Å². The van der Waals surface area contributed by atoms with E-state index in [1.165, 1.54) is 6.20 Å². The Morgan fingerprint density at radius 1 is 1.37 bits per heavy atom. The number of halogens is 1. The molecule has 1 aliphatic carbocycles. The number of carbonyl (C=O) groups is 1. The molecule has 1 aliphatic heterocycles. The Morgan fingerprint density at radius 2 is 2.04 bits per heavy atom. The van der Waals surface area contributed by atoms with E-state index < -0.39 is 22.8 Å². The minimum absolute atomic E-state index is 0.0641. The van der Waals surface area contributed by atoms with Crippen molar-refractivity contribution in [2.75, 3.05) is 23.7 Å². The molecular formula is C19H23FN4O3. The highest BCUT2D eigenvalue weighted by molar-refractivity contribution is 5.99. The number of aromatic nitrogens is 1. The summed E-state index contributed by atoms with van der Waals surface area (Å²) in [7, 11) is 0. The van der Waals surface area contributed by atoms with Gasteiger partial charge in [-0.05, 0) is 24.3 Å². The third-order valence-electron chi connectivity index (χ3n) is 5.81. The third kappa shape index (κ3) is 2.66. The number of nitrogens with two attached hydrogens (primary N) is 2. The average Bonchev–Trinajstić information content (AvgIpc) is 3.37. The van der Waals surface area contributed by atoms with E-state index in [9.17, 15) is 14.7 Å². The maximum absolute atomic E-state index is 15.1. The highest BCUT2D eigenvalue weighted by Gasteiger charge is 2.38. The van der Waals surface area contributed by atoms with Crippen LogP contribution in [0.3, 0.4) is 0 Å². The summed E-state index contributed by atoms with van der Waals surface area (Å²) in [6.45, 7) is 5.10. The lowest BCUT2D eigenvalue weighted by atomic mass is 9.89. The number of carboxylic acid groups (broad SMARTS) is 1. The van der Waals surface area contributed by atoms with E-state index in [0.717, 1.165) is 12.8 Å². The molecule has 8 heteroatoms. The molecule has 5 N–H and O–H groups in total. The van der Waals surface area contributed by atoms with Crippen LogP contribution in [0.25, 0.3) is 10.9 Å². The summed E-state index contributed by atoms with van der Waals surface area (Å²) in [6.07, 6.45) is 3.11. The second-order valence-electron chi connectivity index (χ2n) is 8.31. The van der Waals surface area contributed by atoms with Gasteiger partial charge in [0.15, 0.2) is 5.82 Å². The highest BCUT2D eigenvalue weighted by atomic mass is 19.1. The lowest BCUT2D eigenvalue weighted by molar-refractivity contribution is 0.0695. The van der Waals surface area contributed by atoms with Gasteiger partial charge in [-0.15, -0.1) is 0 Å². The van der Waals surface area contributed by atoms with Crippen molar-refractivity contribution in [1.29, 1.82) is 0 Å². The lowest BCUT2D eigenvalue weighted by Gasteiger charge is -2.24. The predicted octanol–water partition coefficient (Wildman–Crippen LogP) is 1.93. The Bertz CT molecular complexity index is 1030. The van der Waals surface area contributed by atoms with Crippen LogP contribution in [0.2, 0.25) is 0 Å². The first-order chi connectivity index (χ1) is 12.6. The van der Waals surface area contributed by atoms with Crippen LogP contribution in [0.15, 0.2) is 17.1 Å². The van der Waals surface area contributed by atoms with Crippen molar-refractivity contribution in [3.63, 3.8) is 0 Å². The first-order valence-electron chi connectivity index (χ1n) is 9.02. The first-order valence-corrected chi connectivity index (χ1v) is 9.02. The Labute approximate surface area is 155 Å². The van der Waals surface area contributed by atoms with Gasteiger partial charge in [-0.3, -0.25) is 4.79 Å². The molecule has 27 heavy (non-hydrogen) atoms. The van der Waals surface area contributed by atoms with Crippen molar-refractivity contribution in [3.05, 3.63) is 33.9 Å². The van der Waals surface area contributed by atoms with E-state index in [-0.39, 0.29) is 28.6 Å². The Morgan fingerprint density at radius 3 is 2.56 bits per heavy atom. The fourth-order valence-electron chi connectivity index (χ4n) is 3.87. The number of fused-ring (bicyclic) bond motifs is 1. The molecular weight excluding hydrogens is 351 g/mol. The number of aromatic carboxylic acids is 1. The molecule has 0 amide bonds. The quantitative estimate of drug-likeness (QED) is 0.707. The first kappa shape index (κ1) is 17.8. The zero-order valence-corrected chi connectivity index (χ0v) is 15.3. The van der Waals surface area contributed by atoms with Crippen molar-refractivity contribution in [3.8, 4) is 0 Å². The summed E-state index contributed by atoms with van der Waals surface area (Å²) in [4.78, 5) is 26.0. The second kappa shape index (κ2) is 5.69.